The van der Waals surface area contributed by atoms with Gasteiger partial charge in [0.15, 0.2) is 0 Å². The second-order valence-electron chi connectivity index (χ2n) is 9.29. The molecule has 3 aromatic rings. The Kier molecular flexibility index (Phi) is 7.04. The Labute approximate surface area is 208 Å². The molecular formula is C29H33NO4S. The highest BCUT2D eigenvalue weighted by Gasteiger charge is 2.25. The molecule has 1 N–H and O–H groups in total. The molecule has 0 spiro atoms. The number of nitrogens with one attached hydrogen (secondary N) is 1. The summed E-state index contributed by atoms with van der Waals surface area (Å²) in [5, 5.41) is 1.72. The van der Waals surface area contributed by atoms with Crippen molar-refractivity contribution in [2.75, 3.05) is 11.3 Å². The molecule has 4 rings (SSSR count). The normalized spacial score (nSPS) is 14.3. The van der Waals surface area contributed by atoms with Crippen molar-refractivity contribution >= 4 is 38.0 Å². The molecule has 0 radical (unpaired) electrons. The number of aryl methyl sites for hydroxylation is 2. The number of allylic oxidation sites excluding steroid dienone is 1. The van der Waals surface area contributed by atoms with Crippen LogP contribution >= 0.6 is 0 Å². The molecule has 1 aliphatic rings. The van der Waals surface area contributed by atoms with Crippen molar-refractivity contribution in [1.82, 2.24) is 0 Å². The molecule has 6 heteroatoms. The van der Waals surface area contributed by atoms with E-state index in [0.717, 1.165) is 69.0 Å². The van der Waals surface area contributed by atoms with Crippen molar-refractivity contribution < 1.29 is 17.9 Å². The minimum absolute atomic E-state index is 0.253. The van der Waals surface area contributed by atoms with Gasteiger partial charge in [0.1, 0.15) is 0 Å². The van der Waals surface area contributed by atoms with Crippen molar-refractivity contribution in [1.29, 1.82) is 0 Å². The van der Waals surface area contributed by atoms with Gasteiger partial charge in [-0.3, -0.25) is 4.72 Å². The van der Waals surface area contributed by atoms with E-state index in [1.54, 1.807) is 0 Å². The molecule has 3 aromatic carbocycles. The van der Waals surface area contributed by atoms with E-state index in [1.165, 1.54) is 0 Å². The minimum atomic E-state index is -3.82. The Morgan fingerprint density at radius 2 is 1.54 bits per heavy atom. The molecular weight excluding hydrogens is 458 g/mol. The maximum atomic E-state index is 13.6. The van der Waals surface area contributed by atoms with Gasteiger partial charge in [-0.05, 0) is 105 Å². The lowest BCUT2D eigenvalue weighted by atomic mass is 9.85. The number of hydrogen-bond donors (Lipinski definition) is 1. The van der Waals surface area contributed by atoms with Crippen LogP contribution in [0.5, 0.6) is 0 Å². The van der Waals surface area contributed by atoms with Gasteiger partial charge in [-0.15, -0.1) is 0 Å². The summed E-state index contributed by atoms with van der Waals surface area (Å²) in [4.78, 5) is 13.0. The average Bonchev–Trinajstić information content (AvgIpc) is 2.83. The Hall–Kier alpha value is -3.12. The minimum Gasteiger partial charge on any atom is -0.463 e. The van der Waals surface area contributed by atoms with Crippen LogP contribution in [0.3, 0.4) is 0 Å². The summed E-state index contributed by atoms with van der Waals surface area (Å²) in [6.45, 7) is 9.73. The van der Waals surface area contributed by atoms with Crippen molar-refractivity contribution in [2.24, 2.45) is 0 Å². The van der Waals surface area contributed by atoms with E-state index < -0.39 is 10.0 Å². The second-order valence-corrected chi connectivity index (χ2v) is 10.9. The van der Waals surface area contributed by atoms with Gasteiger partial charge >= 0.3 is 5.97 Å². The second kappa shape index (κ2) is 9.86. The lowest BCUT2D eigenvalue weighted by Crippen LogP contribution is -2.17. The zero-order valence-electron chi connectivity index (χ0n) is 21.1. The fraction of sp³-hybridized carbons (Fsp3) is 0.345. The van der Waals surface area contributed by atoms with E-state index in [2.05, 4.69) is 4.72 Å². The van der Waals surface area contributed by atoms with Gasteiger partial charge in [-0.25, -0.2) is 13.2 Å². The third-order valence-corrected chi connectivity index (χ3v) is 8.69. The molecule has 35 heavy (non-hydrogen) atoms. The molecule has 0 bridgehead atoms. The first-order chi connectivity index (χ1) is 16.7. The third-order valence-electron chi connectivity index (χ3n) is 7.05. The van der Waals surface area contributed by atoms with E-state index in [1.807, 2.05) is 77.1 Å². The van der Waals surface area contributed by atoms with Gasteiger partial charge in [-0.2, -0.15) is 0 Å². The lowest BCUT2D eigenvalue weighted by molar-refractivity contribution is -0.138. The number of carbonyl (C=O) groups excluding carboxylic acids is 1. The Balaban J connectivity index is 1.85. The number of ether oxygens (including phenoxy) is 1. The Bertz CT molecular complexity index is 1430. The molecule has 0 fully saturated rings. The van der Waals surface area contributed by atoms with Crippen molar-refractivity contribution in [2.45, 2.75) is 65.2 Å². The van der Waals surface area contributed by atoms with Crippen LogP contribution in [0.25, 0.3) is 16.3 Å². The highest BCUT2D eigenvalue weighted by molar-refractivity contribution is 7.92. The largest absolute Gasteiger partial charge is 0.463 e. The SMILES string of the molecule is CCOC(=O)C1=C(c2ccc(NS(=O)(=O)c3c(C)c(C)cc(C)c3C)c3ccccc23)CCCC1. The number of rotatable bonds is 6. The fourth-order valence-corrected chi connectivity index (χ4v) is 6.77. The first kappa shape index (κ1) is 25.0. The molecule has 0 aromatic heterocycles. The number of hydrogen-bond acceptors (Lipinski definition) is 4. The van der Waals surface area contributed by atoms with Crippen LogP contribution in [0.1, 0.15) is 60.4 Å². The quantitative estimate of drug-likeness (QED) is 0.387. The van der Waals surface area contributed by atoms with E-state index >= 15 is 0 Å². The first-order valence-electron chi connectivity index (χ1n) is 12.2. The zero-order valence-corrected chi connectivity index (χ0v) is 21.9. The van der Waals surface area contributed by atoms with Crippen LogP contribution in [0, 0.1) is 27.7 Å². The lowest BCUT2D eigenvalue weighted by Gasteiger charge is -2.22. The van der Waals surface area contributed by atoms with E-state index in [0.29, 0.717) is 23.6 Å². The van der Waals surface area contributed by atoms with Crippen LogP contribution < -0.4 is 4.72 Å². The number of carbonyl (C=O) groups is 1. The number of esters is 1. The molecule has 1 aliphatic carbocycles. The van der Waals surface area contributed by atoms with E-state index in [-0.39, 0.29) is 5.97 Å². The summed E-state index contributed by atoms with van der Waals surface area (Å²) in [6, 6.07) is 13.5. The number of benzene rings is 3. The molecule has 0 aliphatic heterocycles. The molecule has 0 amide bonds. The smallest absolute Gasteiger partial charge is 0.334 e. The number of sulfonamides is 1. The first-order valence-corrected chi connectivity index (χ1v) is 13.7. The van der Waals surface area contributed by atoms with Gasteiger partial charge in [0.05, 0.1) is 17.2 Å². The van der Waals surface area contributed by atoms with Crippen LogP contribution in [0.15, 0.2) is 52.9 Å². The summed E-state index contributed by atoms with van der Waals surface area (Å²) in [6.07, 6.45) is 3.46. The Morgan fingerprint density at radius 1 is 0.914 bits per heavy atom. The topological polar surface area (TPSA) is 72.5 Å². The predicted octanol–water partition coefficient (Wildman–Crippen LogP) is 6.76. The van der Waals surface area contributed by atoms with Gasteiger partial charge in [0.2, 0.25) is 0 Å². The highest BCUT2D eigenvalue weighted by Crippen LogP contribution is 2.39. The zero-order chi connectivity index (χ0) is 25.3. The number of anilines is 1. The third kappa shape index (κ3) is 4.72. The summed E-state index contributed by atoms with van der Waals surface area (Å²) in [5.74, 6) is -0.253. The van der Waals surface area contributed by atoms with E-state index in [4.69, 9.17) is 4.74 Å². The molecule has 5 nitrogen and oxygen atoms in total. The van der Waals surface area contributed by atoms with Crippen LogP contribution in [0.2, 0.25) is 0 Å². The fourth-order valence-electron chi connectivity index (χ4n) is 5.08. The highest BCUT2D eigenvalue weighted by atomic mass is 32.2. The van der Waals surface area contributed by atoms with Gasteiger partial charge in [0, 0.05) is 11.0 Å². The van der Waals surface area contributed by atoms with Crippen molar-refractivity contribution in [3.63, 3.8) is 0 Å². The molecule has 0 heterocycles. The molecule has 184 valence electrons. The summed E-state index contributed by atoms with van der Waals surface area (Å²) in [7, 11) is -3.82. The summed E-state index contributed by atoms with van der Waals surface area (Å²) in [5.41, 5.74) is 6.63. The molecule has 0 atom stereocenters. The van der Waals surface area contributed by atoms with Gasteiger partial charge in [0.25, 0.3) is 10.0 Å². The maximum absolute atomic E-state index is 13.6. The Morgan fingerprint density at radius 3 is 2.20 bits per heavy atom. The summed E-state index contributed by atoms with van der Waals surface area (Å²) < 4.78 is 35.4. The van der Waals surface area contributed by atoms with Crippen molar-refractivity contribution in [3.05, 3.63) is 75.9 Å². The average molecular weight is 492 g/mol. The van der Waals surface area contributed by atoms with Gasteiger partial charge < -0.3 is 4.74 Å². The number of fused-ring (bicyclic) bond motifs is 1. The van der Waals surface area contributed by atoms with Crippen LogP contribution in [-0.2, 0) is 19.6 Å². The van der Waals surface area contributed by atoms with Gasteiger partial charge in [-0.1, -0.05) is 36.4 Å². The summed E-state index contributed by atoms with van der Waals surface area (Å²) >= 11 is 0. The molecule has 0 unspecified atom stereocenters. The van der Waals surface area contributed by atoms with Crippen LogP contribution in [-0.4, -0.2) is 21.0 Å². The molecule has 0 saturated carbocycles. The predicted molar refractivity (Wildman–Crippen MR) is 142 cm³/mol. The van der Waals surface area contributed by atoms with Crippen LogP contribution in [0.4, 0.5) is 5.69 Å². The van der Waals surface area contributed by atoms with E-state index in [9.17, 15) is 13.2 Å². The monoisotopic (exact) mass is 491 g/mol. The van der Waals surface area contributed by atoms with Crippen molar-refractivity contribution in [3.8, 4) is 0 Å². The standard InChI is InChI=1S/C29H33NO4S/c1-6-34-29(31)26-14-10-8-12-23(26)24-15-16-27(25-13-9-7-11-22(24)25)30-35(32,33)28-20(4)18(2)17-19(3)21(28)5/h7,9,11,13,15-17,30H,6,8,10,12,14H2,1-5H3. The molecule has 0 saturated heterocycles. The maximum Gasteiger partial charge on any atom is 0.334 e.